The maximum atomic E-state index is 13.9. The molecule has 0 N–H and O–H groups in total. The smallest absolute Gasteiger partial charge is 0.127 e. The number of hydrogen-bond acceptors (Lipinski definition) is 1. The second-order valence-corrected chi connectivity index (χ2v) is 5.15. The standard InChI is InChI=1S/C14H17FO/c1-10-11-6-4-8-14(11,9-16-10)12-5-2-3-7-13(12)15/h2-3,5,7,10-11H,4,6,8-9H2,1H3. The van der Waals surface area contributed by atoms with Crippen molar-refractivity contribution in [2.24, 2.45) is 5.92 Å². The van der Waals surface area contributed by atoms with Gasteiger partial charge >= 0.3 is 0 Å². The van der Waals surface area contributed by atoms with Crippen LogP contribution >= 0.6 is 0 Å². The third-order valence-corrected chi connectivity index (χ3v) is 4.43. The van der Waals surface area contributed by atoms with Crippen molar-refractivity contribution >= 4 is 0 Å². The molecule has 0 aromatic heterocycles. The van der Waals surface area contributed by atoms with Crippen LogP contribution < -0.4 is 0 Å². The Morgan fingerprint density at radius 1 is 1.38 bits per heavy atom. The lowest BCUT2D eigenvalue weighted by atomic mass is 9.73. The van der Waals surface area contributed by atoms with Crippen LogP contribution in [0.5, 0.6) is 0 Å². The highest BCUT2D eigenvalue weighted by molar-refractivity contribution is 5.31. The van der Waals surface area contributed by atoms with Gasteiger partial charge in [0.2, 0.25) is 0 Å². The second-order valence-electron chi connectivity index (χ2n) is 5.15. The molecule has 86 valence electrons. The average Bonchev–Trinajstić information content (AvgIpc) is 2.82. The number of benzene rings is 1. The van der Waals surface area contributed by atoms with Crippen molar-refractivity contribution in [3.05, 3.63) is 35.6 Å². The maximum Gasteiger partial charge on any atom is 0.127 e. The molecule has 1 aromatic rings. The van der Waals surface area contributed by atoms with E-state index >= 15 is 0 Å². The molecule has 1 heterocycles. The predicted octanol–water partition coefficient (Wildman–Crippen LogP) is 3.28. The highest BCUT2D eigenvalue weighted by Gasteiger charge is 2.52. The molecule has 0 radical (unpaired) electrons. The van der Waals surface area contributed by atoms with E-state index in [1.54, 1.807) is 12.1 Å². The molecule has 1 aliphatic heterocycles. The van der Waals surface area contributed by atoms with Crippen LogP contribution in [0, 0.1) is 11.7 Å². The summed E-state index contributed by atoms with van der Waals surface area (Å²) in [7, 11) is 0. The fraction of sp³-hybridized carbons (Fsp3) is 0.571. The molecule has 1 aliphatic carbocycles. The topological polar surface area (TPSA) is 9.23 Å². The van der Waals surface area contributed by atoms with Gasteiger partial charge in [0.25, 0.3) is 0 Å². The van der Waals surface area contributed by atoms with Crippen molar-refractivity contribution in [3.8, 4) is 0 Å². The quantitative estimate of drug-likeness (QED) is 0.705. The number of halogens is 1. The van der Waals surface area contributed by atoms with Crippen LogP contribution in [-0.2, 0) is 10.2 Å². The second kappa shape index (κ2) is 3.56. The Bertz CT molecular complexity index is 403. The molecule has 3 atom stereocenters. The van der Waals surface area contributed by atoms with Crippen molar-refractivity contribution in [2.45, 2.75) is 37.7 Å². The summed E-state index contributed by atoms with van der Waals surface area (Å²) >= 11 is 0. The monoisotopic (exact) mass is 220 g/mol. The van der Waals surface area contributed by atoms with Gasteiger partial charge in [-0.1, -0.05) is 24.6 Å². The molecule has 3 unspecified atom stereocenters. The van der Waals surface area contributed by atoms with E-state index in [4.69, 9.17) is 4.74 Å². The molecule has 1 nitrogen and oxygen atoms in total. The fourth-order valence-corrected chi connectivity index (χ4v) is 3.64. The van der Waals surface area contributed by atoms with Gasteiger partial charge in [-0.25, -0.2) is 4.39 Å². The third-order valence-electron chi connectivity index (χ3n) is 4.43. The summed E-state index contributed by atoms with van der Waals surface area (Å²) in [5, 5.41) is 0. The molecule has 2 heteroatoms. The first-order chi connectivity index (χ1) is 7.74. The van der Waals surface area contributed by atoms with Crippen LogP contribution in [0.15, 0.2) is 24.3 Å². The fourth-order valence-electron chi connectivity index (χ4n) is 3.64. The normalized spacial score (nSPS) is 37.6. The number of ether oxygens (including phenoxy) is 1. The van der Waals surface area contributed by atoms with E-state index in [1.807, 2.05) is 12.1 Å². The lowest BCUT2D eigenvalue weighted by molar-refractivity contribution is 0.0983. The Balaban J connectivity index is 2.08. The first-order valence-corrected chi connectivity index (χ1v) is 6.11. The summed E-state index contributed by atoms with van der Waals surface area (Å²) in [4.78, 5) is 0. The molecule has 0 bridgehead atoms. The molecular formula is C14H17FO. The summed E-state index contributed by atoms with van der Waals surface area (Å²) in [6, 6.07) is 7.21. The van der Waals surface area contributed by atoms with Crippen molar-refractivity contribution in [1.82, 2.24) is 0 Å². The lowest BCUT2D eigenvalue weighted by Crippen LogP contribution is -2.32. The molecule has 2 aliphatic rings. The average molecular weight is 220 g/mol. The van der Waals surface area contributed by atoms with Crippen molar-refractivity contribution in [2.75, 3.05) is 6.61 Å². The number of hydrogen-bond donors (Lipinski definition) is 0. The van der Waals surface area contributed by atoms with Gasteiger partial charge in [-0.2, -0.15) is 0 Å². The molecule has 2 fully saturated rings. The highest BCUT2D eigenvalue weighted by Crippen LogP contribution is 2.52. The van der Waals surface area contributed by atoms with E-state index in [1.165, 1.54) is 12.8 Å². The predicted molar refractivity (Wildman–Crippen MR) is 60.8 cm³/mol. The lowest BCUT2D eigenvalue weighted by Gasteiger charge is -2.29. The summed E-state index contributed by atoms with van der Waals surface area (Å²) in [6.07, 6.45) is 3.73. The number of rotatable bonds is 1. The Morgan fingerprint density at radius 2 is 2.19 bits per heavy atom. The molecular weight excluding hydrogens is 203 g/mol. The molecule has 16 heavy (non-hydrogen) atoms. The van der Waals surface area contributed by atoms with E-state index in [0.29, 0.717) is 12.5 Å². The Kier molecular flexibility index (Phi) is 2.28. The highest BCUT2D eigenvalue weighted by atomic mass is 19.1. The summed E-state index contributed by atoms with van der Waals surface area (Å²) in [5.74, 6) is 0.441. The van der Waals surface area contributed by atoms with Gasteiger partial charge < -0.3 is 4.74 Å². The van der Waals surface area contributed by atoms with E-state index in [2.05, 4.69) is 6.92 Å². The molecule has 1 saturated carbocycles. The summed E-state index contributed by atoms with van der Waals surface area (Å²) in [5.41, 5.74) is 0.840. The molecule has 0 spiro atoms. The van der Waals surface area contributed by atoms with Gasteiger partial charge in [0, 0.05) is 5.41 Å². The van der Waals surface area contributed by atoms with Crippen LogP contribution in [-0.4, -0.2) is 12.7 Å². The number of fused-ring (bicyclic) bond motifs is 1. The van der Waals surface area contributed by atoms with Crippen LogP contribution in [0.1, 0.15) is 31.7 Å². The minimum absolute atomic E-state index is 0.0369. The van der Waals surface area contributed by atoms with Crippen molar-refractivity contribution < 1.29 is 9.13 Å². The Morgan fingerprint density at radius 3 is 3.00 bits per heavy atom. The van der Waals surface area contributed by atoms with Gasteiger partial charge in [0.1, 0.15) is 5.82 Å². The van der Waals surface area contributed by atoms with E-state index in [-0.39, 0.29) is 17.3 Å². The molecule has 1 aromatic carbocycles. The zero-order valence-electron chi connectivity index (χ0n) is 9.58. The first kappa shape index (κ1) is 10.3. The van der Waals surface area contributed by atoms with Crippen LogP contribution in [0.25, 0.3) is 0 Å². The van der Waals surface area contributed by atoms with Gasteiger partial charge in [-0.05, 0) is 37.3 Å². The summed E-state index contributed by atoms with van der Waals surface area (Å²) < 4.78 is 19.7. The zero-order chi connectivity index (χ0) is 11.2. The minimum atomic E-state index is -0.0629. The minimum Gasteiger partial charge on any atom is -0.377 e. The van der Waals surface area contributed by atoms with Crippen LogP contribution in [0.2, 0.25) is 0 Å². The van der Waals surface area contributed by atoms with E-state index in [9.17, 15) is 4.39 Å². The molecule has 0 amide bonds. The summed E-state index contributed by atoms with van der Waals surface area (Å²) in [6.45, 7) is 2.82. The Hall–Kier alpha value is -0.890. The third kappa shape index (κ3) is 1.26. The van der Waals surface area contributed by atoms with E-state index in [0.717, 1.165) is 12.0 Å². The van der Waals surface area contributed by atoms with Crippen LogP contribution in [0.4, 0.5) is 4.39 Å². The zero-order valence-corrected chi connectivity index (χ0v) is 9.58. The Labute approximate surface area is 95.6 Å². The van der Waals surface area contributed by atoms with Gasteiger partial charge in [0.15, 0.2) is 0 Å². The largest absolute Gasteiger partial charge is 0.377 e. The van der Waals surface area contributed by atoms with Crippen molar-refractivity contribution in [1.29, 1.82) is 0 Å². The first-order valence-electron chi connectivity index (χ1n) is 6.11. The van der Waals surface area contributed by atoms with Gasteiger partial charge in [-0.3, -0.25) is 0 Å². The van der Waals surface area contributed by atoms with E-state index < -0.39 is 0 Å². The molecule has 3 rings (SSSR count). The van der Waals surface area contributed by atoms with Gasteiger partial charge in [-0.15, -0.1) is 0 Å². The van der Waals surface area contributed by atoms with Crippen molar-refractivity contribution in [3.63, 3.8) is 0 Å². The van der Waals surface area contributed by atoms with Crippen LogP contribution in [0.3, 0.4) is 0 Å². The SMILES string of the molecule is CC1OCC2(c3ccccc3F)CCCC12. The maximum absolute atomic E-state index is 13.9. The van der Waals surface area contributed by atoms with Gasteiger partial charge in [0.05, 0.1) is 12.7 Å². The molecule has 1 saturated heterocycles.